The Morgan fingerprint density at radius 3 is 2.23 bits per heavy atom. The first-order valence-electron chi connectivity index (χ1n) is 5.07. The molecule has 0 fully saturated rings. The summed E-state index contributed by atoms with van der Waals surface area (Å²) in [5, 5.41) is 8.22. The highest BCUT2D eigenvalue weighted by atomic mass is 14.2. The van der Waals surface area contributed by atoms with Crippen LogP contribution in [-0.4, -0.2) is 0 Å². The normalized spacial score (nSPS) is 10.1. The van der Waals surface area contributed by atoms with Gasteiger partial charge in [-0.05, 0) is 25.7 Å². The lowest BCUT2D eigenvalue weighted by molar-refractivity contribution is 0.622. The molecule has 0 unspecified atom stereocenters. The third kappa shape index (κ3) is 11.0. The average Bonchev–Trinajstić information content (AvgIpc) is 2.16. The number of nitriles is 1. The Bertz CT molecular complexity index is 174. The number of allylic oxidation sites excluding steroid dienone is 3. The van der Waals surface area contributed by atoms with Crippen molar-refractivity contribution >= 4 is 0 Å². The van der Waals surface area contributed by atoms with Gasteiger partial charge in [-0.2, -0.15) is 5.26 Å². The van der Waals surface area contributed by atoms with Gasteiger partial charge in [-0.3, -0.25) is 0 Å². The standard InChI is InChI=1S/C12H19N/c1-2-3-4-5-6-7-8-9-10-11-12-13/h2,10-11H,1,3-9H2/b11-10+. The van der Waals surface area contributed by atoms with Crippen molar-refractivity contribution in [1.29, 1.82) is 5.26 Å². The molecule has 1 heteroatoms. The summed E-state index contributed by atoms with van der Waals surface area (Å²) < 4.78 is 0. The first-order chi connectivity index (χ1) is 6.41. The highest BCUT2D eigenvalue weighted by Gasteiger charge is 1.87. The van der Waals surface area contributed by atoms with Gasteiger partial charge in [0.2, 0.25) is 0 Å². The van der Waals surface area contributed by atoms with Gasteiger partial charge in [0.05, 0.1) is 6.07 Å². The summed E-state index contributed by atoms with van der Waals surface area (Å²) in [6.07, 6.45) is 14.1. The van der Waals surface area contributed by atoms with Gasteiger partial charge >= 0.3 is 0 Å². The van der Waals surface area contributed by atoms with Gasteiger partial charge in [-0.1, -0.05) is 31.4 Å². The molecule has 0 spiro atoms. The Balaban J connectivity index is 2.96. The minimum Gasteiger partial charge on any atom is -0.193 e. The van der Waals surface area contributed by atoms with Crippen LogP contribution in [0.4, 0.5) is 0 Å². The molecule has 72 valence electrons. The van der Waals surface area contributed by atoms with E-state index < -0.39 is 0 Å². The summed E-state index contributed by atoms with van der Waals surface area (Å²) in [5.74, 6) is 0. The van der Waals surface area contributed by atoms with Crippen molar-refractivity contribution in [1.82, 2.24) is 0 Å². The molecule has 0 bridgehead atoms. The molecule has 0 N–H and O–H groups in total. The predicted molar refractivity (Wildman–Crippen MR) is 57.3 cm³/mol. The molecule has 1 nitrogen and oxygen atoms in total. The van der Waals surface area contributed by atoms with Gasteiger partial charge in [-0.15, -0.1) is 6.58 Å². The van der Waals surface area contributed by atoms with Crippen LogP contribution in [0.2, 0.25) is 0 Å². The Morgan fingerprint density at radius 1 is 1.00 bits per heavy atom. The number of rotatable bonds is 8. The fourth-order valence-corrected chi connectivity index (χ4v) is 1.22. The zero-order valence-electron chi connectivity index (χ0n) is 8.34. The number of hydrogen-bond acceptors (Lipinski definition) is 1. The maximum Gasteiger partial charge on any atom is 0.0908 e. The van der Waals surface area contributed by atoms with Gasteiger partial charge in [-0.25, -0.2) is 0 Å². The van der Waals surface area contributed by atoms with Gasteiger partial charge in [0.1, 0.15) is 0 Å². The Morgan fingerprint density at radius 2 is 1.62 bits per heavy atom. The SMILES string of the molecule is C=CCCCCCCC/C=C/C#N. The molecule has 0 aliphatic rings. The van der Waals surface area contributed by atoms with E-state index in [2.05, 4.69) is 6.58 Å². The van der Waals surface area contributed by atoms with E-state index in [0.29, 0.717) is 0 Å². The molecule has 0 aromatic carbocycles. The monoisotopic (exact) mass is 177 g/mol. The first kappa shape index (κ1) is 12.0. The van der Waals surface area contributed by atoms with Crippen molar-refractivity contribution in [3.63, 3.8) is 0 Å². The van der Waals surface area contributed by atoms with Crippen LogP contribution in [0.5, 0.6) is 0 Å². The fraction of sp³-hybridized carbons (Fsp3) is 0.583. The van der Waals surface area contributed by atoms with E-state index in [1.165, 1.54) is 32.1 Å². The first-order valence-corrected chi connectivity index (χ1v) is 5.07. The molecule has 0 saturated heterocycles. The van der Waals surface area contributed by atoms with Crippen LogP contribution in [0.25, 0.3) is 0 Å². The molecule has 0 aromatic rings. The minimum absolute atomic E-state index is 1.05. The quantitative estimate of drug-likeness (QED) is 0.312. The van der Waals surface area contributed by atoms with Gasteiger partial charge in [0.15, 0.2) is 0 Å². The number of unbranched alkanes of at least 4 members (excludes halogenated alkanes) is 6. The summed E-state index contributed by atoms with van der Waals surface area (Å²) in [6, 6.07) is 1.99. The molecule has 0 rings (SSSR count). The van der Waals surface area contributed by atoms with Crippen molar-refractivity contribution < 1.29 is 0 Å². The Hall–Kier alpha value is -1.03. The van der Waals surface area contributed by atoms with E-state index in [1.807, 2.05) is 18.2 Å². The zero-order valence-corrected chi connectivity index (χ0v) is 8.34. The predicted octanol–water partition coefficient (Wildman–Crippen LogP) is 3.98. The highest BCUT2D eigenvalue weighted by Crippen LogP contribution is 2.07. The van der Waals surface area contributed by atoms with Gasteiger partial charge < -0.3 is 0 Å². The Kier molecular flexibility index (Phi) is 10.1. The molecule has 0 heterocycles. The summed E-state index contributed by atoms with van der Waals surface area (Å²) >= 11 is 0. The van der Waals surface area contributed by atoms with Crippen LogP contribution in [0, 0.1) is 11.3 Å². The fourth-order valence-electron chi connectivity index (χ4n) is 1.22. The van der Waals surface area contributed by atoms with Gasteiger partial charge in [0.25, 0.3) is 0 Å². The summed E-state index contributed by atoms with van der Waals surface area (Å²) in [7, 11) is 0. The maximum atomic E-state index is 8.22. The van der Waals surface area contributed by atoms with E-state index in [1.54, 1.807) is 6.08 Å². The van der Waals surface area contributed by atoms with Crippen LogP contribution in [0.3, 0.4) is 0 Å². The van der Waals surface area contributed by atoms with Crippen LogP contribution < -0.4 is 0 Å². The highest BCUT2D eigenvalue weighted by molar-refractivity contribution is 5.01. The van der Waals surface area contributed by atoms with Crippen molar-refractivity contribution in [2.75, 3.05) is 0 Å². The van der Waals surface area contributed by atoms with Crippen LogP contribution in [-0.2, 0) is 0 Å². The summed E-state index contributed by atoms with van der Waals surface area (Å²) in [4.78, 5) is 0. The van der Waals surface area contributed by atoms with E-state index in [4.69, 9.17) is 5.26 Å². The van der Waals surface area contributed by atoms with Crippen molar-refractivity contribution in [2.45, 2.75) is 44.9 Å². The van der Waals surface area contributed by atoms with E-state index >= 15 is 0 Å². The van der Waals surface area contributed by atoms with E-state index in [-0.39, 0.29) is 0 Å². The van der Waals surface area contributed by atoms with Crippen molar-refractivity contribution in [2.24, 2.45) is 0 Å². The van der Waals surface area contributed by atoms with E-state index in [0.717, 1.165) is 12.8 Å². The van der Waals surface area contributed by atoms with Crippen LogP contribution in [0.1, 0.15) is 44.9 Å². The number of nitrogens with zero attached hydrogens (tertiary/aromatic N) is 1. The smallest absolute Gasteiger partial charge is 0.0908 e. The molecule has 0 saturated carbocycles. The Labute approximate surface area is 81.8 Å². The zero-order chi connectivity index (χ0) is 9.78. The average molecular weight is 177 g/mol. The largest absolute Gasteiger partial charge is 0.193 e. The number of hydrogen-bond donors (Lipinski definition) is 0. The second-order valence-corrected chi connectivity index (χ2v) is 3.17. The van der Waals surface area contributed by atoms with Crippen LogP contribution >= 0.6 is 0 Å². The molecule has 0 atom stereocenters. The molecular weight excluding hydrogens is 158 g/mol. The lowest BCUT2D eigenvalue weighted by Crippen LogP contribution is -1.77. The lowest BCUT2D eigenvalue weighted by Gasteiger charge is -1.97. The molecule has 0 aromatic heterocycles. The van der Waals surface area contributed by atoms with Crippen molar-refractivity contribution in [3.05, 3.63) is 24.8 Å². The molecule has 0 aliphatic heterocycles. The molecule has 0 radical (unpaired) electrons. The maximum absolute atomic E-state index is 8.22. The summed E-state index contributed by atoms with van der Waals surface area (Å²) in [5.41, 5.74) is 0. The minimum atomic E-state index is 1.05. The third-order valence-electron chi connectivity index (χ3n) is 1.97. The third-order valence-corrected chi connectivity index (χ3v) is 1.97. The molecular formula is C12H19N. The van der Waals surface area contributed by atoms with Gasteiger partial charge in [0, 0.05) is 6.08 Å². The lowest BCUT2D eigenvalue weighted by atomic mass is 10.1. The molecule has 0 amide bonds. The van der Waals surface area contributed by atoms with E-state index in [9.17, 15) is 0 Å². The topological polar surface area (TPSA) is 23.8 Å². The van der Waals surface area contributed by atoms with Crippen LogP contribution in [0.15, 0.2) is 24.8 Å². The summed E-state index contributed by atoms with van der Waals surface area (Å²) in [6.45, 7) is 3.69. The molecule has 13 heavy (non-hydrogen) atoms. The second kappa shape index (κ2) is 11.0. The van der Waals surface area contributed by atoms with Crippen molar-refractivity contribution in [3.8, 4) is 6.07 Å². The molecule has 0 aliphatic carbocycles. The second-order valence-electron chi connectivity index (χ2n) is 3.17.